The Hall–Kier alpha value is -3.06. The number of carbonyl (C=O) groups excluding carboxylic acids is 2. The molecule has 1 heterocycles. The number of methoxy groups -OCH3 is 2. The van der Waals surface area contributed by atoms with Gasteiger partial charge < -0.3 is 24.4 Å². The number of hydrogen-bond donors (Lipinski definition) is 1. The van der Waals surface area contributed by atoms with Crippen LogP contribution in [0.3, 0.4) is 0 Å². The monoisotopic (exact) mass is 440 g/mol. The third kappa shape index (κ3) is 6.23. The highest BCUT2D eigenvalue weighted by Crippen LogP contribution is 2.25. The number of benzene rings is 2. The van der Waals surface area contributed by atoms with Crippen LogP contribution in [0, 0.1) is 0 Å². The Morgan fingerprint density at radius 2 is 1.72 bits per heavy atom. The molecule has 7 nitrogen and oxygen atoms in total. The van der Waals surface area contributed by atoms with Gasteiger partial charge in [0.15, 0.2) is 0 Å². The minimum absolute atomic E-state index is 0.00909. The summed E-state index contributed by atoms with van der Waals surface area (Å²) < 4.78 is 16.3. The zero-order chi connectivity index (χ0) is 23.1. The molecule has 1 aliphatic heterocycles. The maximum atomic E-state index is 12.8. The van der Waals surface area contributed by atoms with Gasteiger partial charge >= 0.3 is 0 Å². The van der Waals surface area contributed by atoms with Crippen molar-refractivity contribution in [3.05, 3.63) is 59.2 Å². The summed E-state index contributed by atoms with van der Waals surface area (Å²) in [6.07, 6.45) is 0.965. The molecular formula is C25H32N2O5. The normalized spacial score (nSPS) is 18.2. The van der Waals surface area contributed by atoms with Crippen molar-refractivity contribution in [1.82, 2.24) is 10.2 Å². The predicted octanol–water partition coefficient (Wildman–Crippen LogP) is 3.20. The zero-order valence-corrected chi connectivity index (χ0v) is 19.2. The molecule has 32 heavy (non-hydrogen) atoms. The molecule has 2 amide bonds. The average molecular weight is 441 g/mol. The fraction of sp³-hybridized carbons (Fsp3) is 0.440. The van der Waals surface area contributed by atoms with Crippen LogP contribution in [0.15, 0.2) is 42.5 Å². The lowest BCUT2D eigenvalue weighted by Gasteiger charge is -2.35. The third-order valence-electron chi connectivity index (χ3n) is 5.51. The summed E-state index contributed by atoms with van der Waals surface area (Å²) in [5.74, 6) is 1.43. The Kier molecular flexibility index (Phi) is 8.11. The Morgan fingerprint density at radius 3 is 2.34 bits per heavy atom. The van der Waals surface area contributed by atoms with Crippen LogP contribution in [0.25, 0.3) is 0 Å². The smallest absolute Gasteiger partial charge is 0.254 e. The molecule has 0 bridgehead atoms. The highest BCUT2D eigenvalue weighted by atomic mass is 16.5. The van der Waals surface area contributed by atoms with Gasteiger partial charge in [0.25, 0.3) is 5.91 Å². The van der Waals surface area contributed by atoms with E-state index >= 15 is 0 Å². The molecule has 2 atom stereocenters. The molecule has 1 fully saturated rings. The van der Waals surface area contributed by atoms with E-state index in [1.54, 1.807) is 14.2 Å². The second kappa shape index (κ2) is 11.0. The van der Waals surface area contributed by atoms with Crippen LogP contribution in [0.4, 0.5) is 0 Å². The molecule has 1 aliphatic rings. The SMILES string of the molecule is COc1ccc(OC)c(CCC(=O)NCc2ccc(C(=O)N3CC(C)OC(C)C3)cc2)c1. The number of nitrogens with zero attached hydrogens (tertiary/aromatic N) is 1. The van der Waals surface area contributed by atoms with Crippen LogP contribution in [0.1, 0.15) is 41.8 Å². The summed E-state index contributed by atoms with van der Waals surface area (Å²) >= 11 is 0. The van der Waals surface area contributed by atoms with Crippen molar-refractivity contribution in [3.8, 4) is 11.5 Å². The fourth-order valence-corrected chi connectivity index (χ4v) is 3.91. The number of hydrogen-bond acceptors (Lipinski definition) is 5. The highest BCUT2D eigenvalue weighted by molar-refractivity contribution is 5.94. The van der Waals surface area contributed by atoms with Gasteiger partial charge in [0.1, 0.15) is 11.5 Å². The summed E-state index contributed by atoms with van der Waals surface area (Å²) in [4.78, 5) is 26.9. The molecule has 0 saturated carbocycles. The molecule has 2 unspecified atom stereocenters. The van der Waals surface area contributed by atoms with Crippen LogP contribution in [-0.4, -0.2) is 56.2 Å². The summed E-state index contributed by atoms with van der Waals surface area (Å²) in [6, 6.07) is 12.9. The van der Waals surface area contributed by atoms with E-state index in [0.29, 0.717) is 38.0 Å². The standard InChI is InChI=1S/C25H32N2O5/c1-17-15-27(16-18(2)32-17)25(29)20-7-5-19(6-8-20)14-26-24(28)12-9-21-13-22(30-3)10-11-23(21)31-4/h5-8,10-11,13,17-18H,9,12,14-16H2,1-4H3,(H,26,28). The maximum absolute atomic E-state index is 12.8. The molecule has 0 aromatic heterocycles. The van der Waals surface area contributed by atoms with Crippen LogP contribution >= 0.6 is 0 Å². The van der Waals surface area contributed by atoms with Gasteiger partial charge in [-0.05, 0) is 61.7 Å². The topological polar surface area (TPSA) is 77.1 Å². The van der Waals surface area contributed by atoms with Crippen LogP contribution in [-0.2, 0) is 22.5 Å². The Labute approximate surface area is 189 Å². The van der Waals surface area contributed by atoms with Gasteiger partial charge in [-0.25, -0.2) is 0 Å². The molecule has 7 heteroatoms. The van der Waals surface area contributed by atoms with E-state index in [2.05, 4.69) is 5.32 Å². The number of nitrogens with one attached hydrogen (secondary N) is 1. The Morgan fingerprint density at radius 1 is 1.03 bits per heavy atom. The summed E-state index contributed by atoms with van der Waals surface area (Å²) in [7, 11) is 3.22. The first-order chi connectivity index (χ1) is 15.4. The number of ether oxygens (including phenoxy) is 3. The minimum Gasteiger partial charge on any atom is -0.497 e. The molecular weight excluding hydrogens is 408 g/mol. The molecule has 2 aromatic rings. The number of morpholine rings is 1. The quantitative estimate of drug-likeness (QED) is 0.682. The molecule has 1 N–H and O–H groups in total. The Balaban J connectivity index is 1.50. The van der Waals surface area contributed by atoms with Gasteiger partial charge in [0.05, 0.1) is 26.4 Å². The number of rotatable bonds is 8. The van der Waals surface area contributed by atoms with Gasteiger partial charge in [0.2, 0.25) is 5.91 Å². The van der Waals surface area contributed by atoms with Gasteiger partial charge in [-0.15, -0.1) is 0 Å². The van der Waals surface area contributed by atoms with E-state index in [4.69, 9.17) is 14.2 Å². The third-order valence-corrected chi connectivity index (χ3v) is 5.51. The largest absolute Gasteiger partial charge is 0.497 e. The van der Waals surface area contributed by atoms with Crippen LogP contribution < -0.4 is 14.8 Å². The lowest BCUT2D eigenvalue weighted by Crippen LogP contribution is -2.48. The molecule has 1 saturated heterocycles. The second-order valence-corrected chi connectivity index (χ2v) is 8.12. The molecule has 0 aliphatic carbocycles. The van der Waals surface area contributed by atoms with Gasteiger partial charge in [-0.1, -0.05) is 12.1 Å². The summed E-state index contributed by atoms with van der Waals surface area (Å²) in [5.41, 5.74) is 2.51. The maximum Gasteiger partial charge on any atom is 0.254 e. The van der Waals surface area contributed by atoms with E-state index in [-0.39, 0.29) is 24.0 Å². The predicted molar refractivity (Wildman–Crippen MR) is 122 cm³/mol. The first kappa shape index (κ1) is 23.6. The number of amides is 2. The van der Waals surface area contributed by atoms with Crippen molar-refractivity contribution in [2.45, 2.75) is 45.4 Å². The molecule has 0 spiro atoms. The van der Waals surface area contributed by atoms with Crippen molar-refractivity contribution in [2.75, 3.05) is 27.3 Å². The minimum atomic E-state index is -0.0497. The first-order valence-corrected chi connectivity index (χ1v) is 10.9. The highest BCUT2D eigenvalue weighted by Gasteiger charge is 2.26. The molecule has 3 rings (SSSR count). The van der Waals surface area contributed by atoms with E-state index in [1.165, 1.54) is 0 Å². The number of aryl methyl sites for hydroxylation is 1. The lowest BCUT2D eigenvalue weighted by atomic mass is 10.1. The molecule has 0 radical (unpaired) electrons. The van der Waals surface area contributed by atoms with Crippen LogP contribution in [0.2, 0.25) is 0 Å². The molecule has 172 valence electrons. The van der Waals surface area contributed by atoms with Gasteiger partial charge in [0, 0.05) is 31.6 Å². The van der Waals surface area contributed by atoms with Crippen molar-refractivity contribution in [1.29, 1.82) is 0 Å². The summed E-state index contributed by atoms with van der Waals surface area (Å²) in [6.45, 7) is 5.56. The summed E-state index contributed by atoms with van der Waals surface area (Å²) in [5, 5.41) is 2.94. The second-order valence-electron chi connectivity index (χ2n) is 8.12. The van der Waals surface area contributed by atoms with Crippen LogP contribution in [0.5, 0.6) is 11.5 Å². The van der Waals surface area contributed by atoms with E-state index in [1.807, 2.05) is 61.2 Å². The lowest BCUT2D eigenvalue weighted by molar-refractivity contribution is -0.121. The van der Waals surface area contributed by atoms with E-state index < -0.39 is 0 Å². The van der Waals surface area contributed by atoms with E-state index in [9.17, 15) is 9.59 Å². The van der Waals surface area contributed by atoms with Gasteiger partial charge in [-0.2, -0.15) is 0 Å². The molecule has 2 aromatic carbocycles. The van der Waals surface area contributed by atoms with Crippen molar-refractivity contribution in [2.24, 2.45) is 0 Å². The Bertz CT molecular complexity index is 918. The first-order valence-electron chi connectivity index (χ1n) is 10.9. The van der Waals surface area contributed by atoms with Gasteiger partial charge in [-0.3, -0.25) is 9.59 Å². The van der Waals surface area contributed by atoms with E-state index in [0.717, 1.165) is 22.6 Å². The van der Waals surface area contributed by atoms with Crippen molar-refractivity contribution < 1.29 is 23.8 Å². The van der Waals surface area contributed by atoms with Crippen molar-refractivity contribution in [3.63, 3.8) is 0 Å². The fourth-order valence-electron chi connectivity index (χ4n) is 3.91. The number of carbonyl (C=O) groups is 2. The zero-order valence-electron chi connectivity index (χ0n) is 19.2. The van der Waals surface area contributed by atoms with Crippen molar-refractivity contribution >= 4 is 11.8 Å². The average Bonchev–Trinajstić information content (AvgIpc) is 2.80.